The molecule has 0 bridgehead atoms. The van der Waals surface area contributed by atoms with Crippen molar-refractivity contribution >= 4 is 17.5 Å². The summed E-state index contributed by atoms with van der Waals surface area (Å²) >= 11 is 0. The number of carbonyl (C=O) groups excluding carboxylic acids is 2. The summed E-state index contributed by atoms with van der Waals surface area (Å²) in [7, 11) is 0. The van der Waals surface area contributed by atoms with Crippen LogP contribution in [0.2, 0.25) is 0 Å². The molecule has 0 radical (unpaired) electrons. The highest BCUT2D eigenvalue weighted by molar-refractivity contribution is 5.95. The molecule has 0 saturated heterocycles. The van der Waals surface area contributed by atoms with Crippen LogP contribution in [0.15, 0.2) is 30.7 Å². The molecule has 3 heterocycles. The molecule has 0 fully saturated rings. The molecule has 136 valence electrons. The molecule has 0 saturated carbocycles. The quantitative estimate of drug-likeness (QED) is 0.666. The molecule has 3 aromatic heterocycles. The predicted octanol–water partition coefficient (Wildman–Crippen LogP) is 1.01. The van der Waals surface area contributed by atoms with Crippen LogP contribution in [0.4, 0.5) is 0 Å². The number of nitrogens with zero attached hydrogens (tertiary/aromatic N) is 5. The van der Waals surface area contributed by atoms with Gasteiger partial charge in [0.15, 0.2) is 5.65 Å². The minimum absolute atomic E-state index is 0.161. The van der Waals surface area contributed by atoms with Crippen molar-refractivity contribution in [2.24, 2.45) is 0 Å². The lowest BCUT2D eigenvalue weighted by Gasteiger charge is -2.11. The average Bonchev–Trinajstić information content (AvgIpc) is 3.09. The van der Waals surface area contributed by atoms with E-state index in [1.165, 1.54) is 12.4 Å². The van der Waals surface area contributed by atoms with Crippen molar-refractivity contribution in [1.29, 1.82) is 5.26 Å². The fourth-order valence-corrected chi connectivity index (χ4v) is 2.75. The van der Waals surface area contributed by atoms with Gasteiger partial charge in [0.25, 0.3) is 5.91 Å². The van der Waals surface area contributed by atoms with Gasteiger partial charge in [-0.25, -0.2) is 9.50 Å². The van der Waals surface area contributed by atoms with Gasteiger partial charge < -0.3 is 0 Å². The number of rotatable bonds is 4. The highest BCUT2D eigenvalue weighted by atomic mass is 16.2. The van der Waals surface area contributed by atoms with Gasteiger partial charge in [-0.3, -0.25) is 25.4 Å². The highest BCUT2D eigenvalue weighted by Gasteiger charge is 2.15. The molecule has 0 spiro atoms. The molecule has 0 aromatic carbocycles. The van der Waals surface area contributed by atoms with Gasteiger partial charge in [0.05, 0.1) is 11.8 Å². The van der Waals surface area contributed by atoms with Crippen LogP contribution < -0.4 is 10.9 Å². The molecule has 2 N–H and O–H groups in total. The van der Waals surface area contributed by atoms with Crippen molar-refractivity contribution < 1.29 is 9.59 Å². The number of nitrogens with one attached hydrogen (secondary N) is 2. The fourth-order valence-electron chi connectivity index (χ4n) is 2.75. The number of pyridine rings is 1. The van der Waals surface area contributed by atoms with E-state index in [9.17, 15) is 9.59 Å². The summed E-state index contributed by atoms with van der Waals surface area (Å²) in [4.78, 5) is 32.2. The third kappa shape index (κ3) is 3.74. The smallest absolute Gasteiger partial charge is 0.271 e. The second-order valence-corrected chi connectivity index (χ2v) is 5.91. The van der Waals surface area contributed by atoms with Gasteiger partial charge >= 0.3 is 0 Å². The number of hydrogen-bond acceptors (Lipinski definition) is 6. The zero-order valence-corrected chi connectivity index (χ0v) is 14.9. The summed E-state index contributed by atoms with van der Waals surface area (Å²) in [5.74, 6) is -0.767. The number of hydrazine groups is 1. The summed E-state index contributed by atoms with van der Waals surface area (Å²) in [5, 5.41) is 13.3. The first-order chi connectivity index (χ1) is 13.0. The number of nitriles is 1. The number of fused-ring (bicyclic) bond motifs is 1. The molecule has 3 rings (SSSR count). The SMILES string of the molecule is Cc1nc2c(C#N)cnn2c(C)c1CCC(=O)NNC(=O)c1cccnc1. The Morgan fingerprint density at radius 2 is 2.07 bits per heavy atom. The maximum atomic E-state index is 12.1. The first-order valence-electron chi connectivity index (χ1n) is 8.24. The van der Waals surface area contributed by atoms with Crippen LogP contribution >= 0.6 is 0 Å². The van der Waals surface area contributed by atoms with E-state index in [0.29, 0.717) is 23.2 Å². The first kappa shape index (κ1) is 18.0. The minimum atomic E-state index is -0.438. The molecular formula is C18H17N7O2. The lowest BCUT2D eigenvalue weighted by molar-refractivity contribution is -0.121. The van der Waals surface area contributed by atoms with Crippen molar-refractivity contribution in [3.05, 3.63) is 58.8 Å². The largest absolute Gasteiger partial charge is 0.273 e. The molecule has 0 aliphatic heterocycles. The Morgan fingerprint density at radius 1 is 1.26 bits per heavy atom. The molecule has 0 aliphatic rings. The third-order valence-corrected chi connectivity index (χ3v) is 4.17. The maximum absolute atomic E-state index is 12.1. The fraction of sp³-hybridized carbons (Fsp3) is 0.222. The molecule has 9 nitrogen and oxygen atoms in total. The van der Waals surface area contributed by atoms with Gasteiger partial charge in [-0.05, 0) is 38.0 Å². The van der Waals surface area contributed by atoms with E-state index >= 15 is 0 Å². The van der Waals surface area contributed by atoms with Crippen LogP contribution in [0.3, 0.4) is 0 Å². The van der Waals surface area contributed by atoms with Gasteiger partial charge in [0.1, 0.15) is 11.6 Å². The molecule has 27 heavy (non-hydrogen) atoms. The second kappa shape index (κ2) is 7.61. The van der Waals surface area contributed by atoms with E-state index in [0.717, 1.165) is 17.0 Å². The lowest BCUT2D eigenvalue weighted by Crippen LogP contribution is -2.41. The summed E-state index contributed by atoms with van der Waals surface area (Å²) in [6, 6.07) is 5.30. The Bertz CT molecular complexity index is 1050. The zero-order chi connectivity index (χ0) is 19.4. The van der Waals surface area contributed by atoms with Crippen LogP contribution in [-0.4, -0.2) is 31.4 Å². The Hall–Kier alpha value is -3.80. The second-order valence-electron chi connectivity index (χ2n) is 5.91. The number of amides is 2. The van der Waals surface area contributed by atoms with Crippen molar-refractivity contribution in [2.45, 2.75) is 26.7 Å². The number of aromatic nitrogens is 4. The lowest BCUT2D eigenvalue weighted by atomic mass is 10.1. The number of carbonyl (C=O) groups is 2. The van der Waals surface area contributed by atoms with Gasteiger partial charge in [0.2, 0.25) is 5.91 Å². The average molecular weight is 363 g/mol. The van der Waals surface area contributed by atoms with Gasteiger partial charge in [0, 0.05) is 30.2 Å². The maximum Gasteiger partial charge on any atom is 0.271 e. The van der Waals surface area contributed by atoms with Crippen LogP contribution in [-0.2, 0) is 11.2 Å². The Kier molecular flexibility index (Phi) is 5.08. The van der Waals surface area contributed by atoms with Crippen molar-refractivity contribution in [3.8, 4) is 6.07 Å². The third-order valence-electron chi connectivity index (χ3n) is 4.17. The monoisotopic (exact) mass is 363 g/mol. The molecule has 2 amide bonds. The zero-order valence-electron chi connectivity index (χ0n) is 14.9. The molecular weight excluding hydrogens is 346 g/mol. The molecule has 9 heteroatoms. The van der Waals surface area contributed by atoms with E-state index in [1.807, 2.05) is 13.8 Å². The number of hydrogen-bond donors (Lipinski definition) is 2. The van der Waals surface area contributed by atoms with E-state index in [2.05, 4.69) is 32.0 Å². The van der Waals surface area contributed by atoms with Crippen LogP contribution in [0.5, 0.6) is 0 Å². The number of aryl methyl sites for hydroxylation is 2. The molecule has 3 aromatic rings. The van der Waals surface area contributed by atoms with Crippen LogP contribution in [0, 0.1) is 25.2 Å². The minimum Gasteiger partial charge on any atom is -0.273 e. The summed E-state index contributed by atoms with van der Waals surface area (Å²) < 4.78 is 1.60. The normalized spacial score (nSPS) is 10.4. The first-order valence-corrected chi connectivity index (χ1v) is 8.24. The van der Waals surface area contributed by atoms with Crippen LogP contribution in [0.1, 0.15) is 39.3 Å². The topological polar surface area (TPSA) is 125 Å². The highest BCUT2D eigenvalue weighted by Crippen LogP contribution is 2.18. The summed E-state index contributed by atoms with van der Waals surface area (Å²) in [5.41, 5.74) is 8.45. The Morgan fingerprint density at radius 3 is 2.78 bits per heavy atom. The van der Waals surface area contributed by atoms with Crippen LogP contribution in [0.25, 0.3) is 5.65 Å². The van der Waals surface area contributed by atoms with E-state index in [1.54, 1.807) is 22.8 Å². The summed E-state index contributed by atoms with van der Waals surface area (Å²) in [6.07, 6.45) is 5.03. The van der Waals surface area contributed by atoms with Crippen molar-refractivity contribution in [3.63, 3.8) is 0 Å². The molecule has 0 unspecified atom stereocenters. The standard InChI is InChI=1S/C18H17N7O2/c1-11-15(12(2)25-17(22-11)14(8-19)10-21-25)5-6-16(26)23-24-18(27)13-4-3-7-20-9-13/h3-4,7,9-10H,5-6H2,1-2H3,(H,23,26)(H,24,27). The Balaban J connectivity index is 1.64. The van der Waals surface area contributed by atoms with Crippen molar-refractivity contribution in [1.82, 2.24) is 30.4 Å². The van der Waals surface area contributed by atoms with E-state index in [4.69, 9.17) is 5.26 Å². The van der Waals surface area contributed by atoms with Crippen molar-refractivity contribution in [2.75, 3.05) is 0 Å². The molecule has 0 atom stereocenters. The van der Waals surface area contributed by atoms with Gasteiger partial charge in [-0.1, -0.05) is 0 Å². The molecule has 0 aliphatic carbocycles. The van der Waals surface area contributed by atoms with E-state index in [-0.39, 0.29) is 12.3 Å². The van der Waals surface area contributed by atoms with E-state index < -0.39 is 5.91 Å². The Labute approximate surface area is 155 Å². The predicted molar refractivity (Wildman–Crippen MR) is 95.3 cm³/mol. The van der Waals surface area contributed by atoms with Gasteiger partial charge in [-0.2, -0.15) is 10.4 Å². The van der Waals surface area contributed by atoms with Gasteiger partial charge in [-0.15, -0.1) is 0 Å². The summed E-state index contributed by atoms with van der Waals surface area (Å²) in [6.45, 7) is 3.70.